The minimum Gasteiger partial charge on any atom is -0.497 e. The van der Waals surface area contributed by atoms with Crippen LogP contribution in [0.1, 0.15) is 5.56 Å². The van der Waals surface area contributed by atoms with E-state index in [4.69, 9.17) is 4.74 Å². The van der Waals surface area contributed by atoms with Crippen molar-refractivity contribution in [3.05, 3.63) is 62.9 Å². The summed E-state index contributed by atoms with van der Waals surface area (Å²) in [6.45, 7) is -1.86. The molecular formula is C16H16F3N3O4. The Labute approximate surface area is 145 Å². The number of hydrogen-bond donors (Lipinski definition) is 1. The van der Waals surface area contributed by atoms with E-state index in [1.165, 1.54) is 7.11 Å². The number of rotatable bonds is 6. The lowest BCUT2D eigenvalue weighted by atomic mass is 10.2. The molecular weight excluding hydrogens is 355 g/mol. The number of carbonyl (C=O) groups is 1. The summed E-state index contributed by atoms with van der Waals surface area (Å²) in [6.07, 6.45) is -2.82. The SMILES string of the molecule is COc1ccc(CNC(=O)Cn2ccn(CC(F)(F)F)c(=O)c2=O)cc1. The first-order chi connectivity index (χ1) is 12.2. The summed E-state index contributed by atoms with van der Waals surface area (Å²) in [5.41, 5.74) is -1.75. The molecule has 0 unspecified atom stereocenters. The molecule has 26 heavy (non-hydrogen) atoms. The number of alkyl halides is 3. The lowest BCUT2D eigenvalue weighted by Gasteiger charge is -2.11. The van der Waals surface area contributed by atoms with Gasteiger partial charge in [-0.1, -0.05) is 12.1 Å². The van der Waals surface area contributed by atoms with Crippen molar-refractivity contribution in [3.8, 4) is 5.75 Å². The van der Waals surface area contributed by atoms with Gasteiger partial charge in [0.05, 0.1) is 7.11 Å². The van der Waals surface area contributed by atoms with E-state index in [1.807, 2.05) is 0 Å². The third-order valence-corrected chi connectivity index (χ3v) is 3.44. The Kier molecular flexibility index (Phi) is 5.86. The van der Waals surface area contributed by atoms with Crippen LogP contribution in [0, 0.1) is 0 Å². The van der Waals surface area contributed by atoms with Crippen molar-refractivity contribution in [3.63, 3.8) is 0 Å². The van der Waals surface area contributed by atoms with Gasteiger partial charge in [0.1, 0.15) is 18.8 Å². The molecule has 1 heterocycles. The average Bonchev–Trinajstić information content (AvgIpc) is 2.59. The molecule has 2 rings (SSSR count). The van der Waals surface area contributed by atoms with Gasteiger partial charge in [-0.2, -0.15) is 13.2 Å². The largest absolute Gasteiger partial charge is 0.497 e. The summed E-state index contributed by atoms with van der Waals surface area (Å²) in [4.78, 5) is 35.4. The number of hydrogen-bond acceptors (Lipinski definition) is 4. The molecule has 1 aromatic carbocycles. The topological polar surface area (TPSA) is 82.3 Å². The van der Waals surface area contributed by atoms with E-state index in [0.29, 0.717) is 5.75 Å². The van der Waals surface area contributed by atoms with Gasteiger partial charge in [-0.25, -0.2) is 0 Å². The Morgan fingerprint density at radius 2 is 1.65 bits per heavy atom. The standard InChI is InChI=1S/C16H16F3N3O4/c1-26-12-4-2-11(3-5-12)8-20-13(23)9-21-6-7-22(10-16(17,18)19)15(25)14(21)24/h2-7H,8-10H2,1H3,(H,20,23). The van der Waals surface area contributed by atoms with Crippen molar-refractivity contribution in [2.75, 3.05) is 7.11 Å². The fourth-order valence-electron chi connectivity index (χ4n) is 2.14. The van der Waals surface area contributed by atoms with Crippen molar-refractivity contribution in [1.29, 1.82) is 0 Å². The van der Waals surface area contributed by atoms with Crippen LogP contribution in [-0.4, -0.2) is 28.3 Å². The van der Waals surface area contributed by atoms with E-state index in [9.17, 15) is 27.6 Å². The van der Waals surface area contributed by atoms with Crippen LogP contribution in [0.2, 0.25) is 0 Å². The second kappa shape index (κ2) is 7.89. The Balaban J connectivity index is 2.01. The van der Waals surface area contributed by atoms with Crippen molar-refractivity contribution in [2.45, 2.75) is 25.8 Å². The molecule has 0 fully saturated rings. The van der Waals surface area contributed by atoms with E-state index in [1.54, 1.807) is 24.3 Å². The summed E-state index contributed by atoms with van der Waals surface area (Å²) in [7, 11) is 1.52. The number of benzene rings is 1. The lowest BCUT2D eigenvalue weighted by molar-refractivity contribution is -0.141. The summed E-state index contributed by atoms with van der Waals surface area (Å²) >= 11 is 0. The van der Waals surface area contributed by atoms with E-state index in [-0.39, 0.29) is 11.1 Å². The maximum atomic E-state index is 12.3. The van der Waals surface area contributed by atoms with Crippen LogP contribution < -0.4 is 21.2 Å². The summed E-state index contributed by atoms with van der Waals surface area (Å²) in [6, 6.07) is 6.91. The second-order valence-corrected chi connectivity index (χ2v) is 5.40. The summed E-state index contributed by atoms with van der Waals surface area (Å²) in [5.74, 6) is 0.0990. The highest BCUT2D eigenvalue weighted by Crippen LogP contribution is 2.15. The number of nitrogens with one attached hydrogen (secondary N) is 1. The Bertz CT molecular complexity index is 885. The molecule has 0 atom stereocenters. The van der Waals surface area contributed by atoms with Gasteiger partial charge >= 0.3 is 17.3 Å². The van der Waals surface area contributed by atoms with Gasteiger partial charge < -0.3 is 14.6 Å². The zero-order valence-corrected chi connectivity index (χ0v) is 13.7. The first-order valence-electron chi connectivity index (χ1n) is 7.46. The quantitative estimate of drug-likeness (QED) is 0.765. The normalized spacial score (nSPS) is 11.2. The maximum absolute atomic E-state index is 12.3. The van der Waals surface area contributed by atoms with Crippen LogP contribution in [-0.2, 0) is 24.4 Å². The molecule has 1 N–H and O–H groups in total. The zero-order chi connectivity index (χ0) is 19.3. The highest BCUT2D eigenvalue weighted by Gasteiger charge is 2.28. The Hall–Kier alpha value is -3.04. The molecule has 1 aromatic heterocycles. The van der Waals surface area contributed by atoms with Gasteiger partial charge in [0.2, 0.25) is 5.91 Å². The molecule has 0 bridgehead atoms. The smallest absolute Gasteiger partial charge is 0.406 e. The van der Waals surface area contributed by atoms with Gasteiger partial charge in [-0.3, -0.25) is 19.0 Å². The molecule has 0 aliphatic heterocycles. The summed E-state index contributed by atoms with van der Waals surface area (Å²) in [5, 5.41) is 2.56. The highest BCUT2D eigenvalue weighted by molar-refractivity contribution is 5.75. The molecule has 0 aliphatic carbocycles. The number of nitrogens with zero attached hydrogens (tertiary/aromatic N) is 2. The van der Waals surface area contributed by atoms with Crippen molar-refractivity contribution in [1.82, 2.24) is 14.5 Å². The Morgan fingerprint density at radius 1 is 1.08 bits per heavy atom. The van der Waals surface area contributed by atoms with Crippen molar-refractivity contribution in [2.24, 2.45) is 0 Å². The van der Waals surface area contributed by atoms with Crippen LogP contribution in [0.25, 0.3) is 0 Å². The Morgan fingerprint density at radius 3 is 2.23 bits per heavy atom. The first-order valence-corrected chi connectivity index (χ1v) is 7.46. The van der Waals surface area contributed by atoms with Crippen LogP contribution in [0.3, 0.4) is 0 Å². The monoisotopic (exact) mass is 371 g/mol. The van der Waals surface area contributed by atoms with Crippen LogP contribution in [0.4, 0.5) is 13.2 Å². The van der Waals surface area contributed by atoms with Gasteiger partial charge in [0, 0.05) is 18.9 Å². The van der Waals surface area contributed by atoms with Crippen molar-refractivity contribution >= 4 is 5.91 Å². The molecule has 7 nitrogen and oxygen atoms in total. The van der Waals surface area contributed by atoms with E-state index < -0.39 is 36.3 Å². The first kappa shape index (κ1) is 19.3. The van der Waals surface area contributed by atoms with E-state index in [0.717, 1.165) is 22.5 Å². The van der Waals surface area contributed by atoms with Gasteiger partial charge in [-0.05, 0) is 17.7 Å². The van der Waals surface area contributed by atoms with Gasteiger partial charge in [0.15, 0.2) is 0 Å². The van der Waals surface area contributed by atoms with Crippen LogP contribution >= 0.6 is 0 Å². The second-order valence-electron chi connectivity index (χ2n) is 5.40. The molecule has 0 saturated heterocycles. The molecule has 0 spiro atoms. The molecule has 10 heteroatoms. The fraction of sp³-hybridized carbons (Fsp3) is 0.312. The number of amides is 1. The van der Waals surface area contributed by atoms with Crippen molar-refractivity contribution < 1.29 is 22.7 Å². The maximum Gasteiger partial charge on any atom is 0.406 e. The average molecular weight is 371 g/mol. The molecule has 0 aliphatic rings. The predicted octanol–water partition coefficient (Wildman–Crippen LogP) is 0.897. The number of aromatic nitrogens is 2. The number of carbonyl (C=O) groups excluding carboxylic acids is 1. The minimum atomic E-state index is -4.63. The highest BCUT2D eigenvalue weighted by atomic mass is 19.4. The zero-order valence-electron chi connectivity index (χ0n) is 13.7. The van der Waals surface area contributed by atoms with E-state index in [2.05, 4.69) is 5.32 Å². The summed E-state index contributed by atoms with van der Waals surface area (Å²) < 4.78 is 43.0. The minimum absolute atomic E-state index is 0.183. The molecule has 0 saturated carbocycles. The van der Waals surface area contributed by atoms with Gasteiger partial charge in [0.25, 0.3) is 0 Å². The molecule has 2 aromatic rings. The fourth-order valence-corrected chi connectivity index (χ4v) is 2.14. The van der Waals surface area contributed by atoms with E-state index >= 15 is 0 Å². The third kappa shape index (κ3) is 5.23. The van der Waals surface area contributed by atoms with Gasteiger partial charge in [-0.15, -0.1) is 0 Å². The lowest BCUT2D eigenvalue weighted by Crippen LogP contribution is -2.44. The molecule has 140 valence electrons. The third-order valence-electron chi connectivity index (χ3n) is 3.44. The molecule has 0 radical (unpaired) electrons. The van der Waals surface area contributed by atoms with Crippen LogP contribution in [0.5, 0.6) is 5.75 Å². The predicted molar refractivity (Wildman–Crippen MR) is 85.9 cm³/mol. The molecule has 1 amide bonds. The number of ether oxygens (including phenoxy) is 1. The number of methoxy groups -OCH3 is 1. The number of halogens is 3. The van der Waals surface area contributed by atoms with Crippen LogP contribution in [0.15, 0.2) is 46.2 Å².